The molecule has 13 heteroatoms. The lowest BCUT2D eigenvalue weighted by atomic mass is 9.98. The number of aryl methyl sites for hydroxylation is 1. The Morgan fingerprint density at radius 2 is 1.80 bits per heavy atom. The molecule has 2 fully saturated rings. The molecule has 1 aromatic carbocycles. The molecule has 0 bridgehead atoms. The fraction of sp³-hybridized carbons (Fsp3) is 0.484. The Balaban J connectivity index is 1.19. The number of furan rings is 1. The molecule has 2 aliphatic heterocycles. The summed E-state index contributed by atoms with van der Waals surface area (Å²) in [6.07, 6.45) is -2.23. The molecule has 2 aliphatic rings. The van der Waals surface area contributed by atoms with Crippen LogP contribution in [0, 0.1) is 5.92 Å². The normalized spacial score (nSPS) is 17.6. The summed E-state index contributed by atoms with van der Waals surface area (Å²) < 4.78 is 50.6. The van der Waals surface area contributed by atoms with E-state index in [0.29, 0.717) is 74.7 Å². The van der Waals surface area contributed by atoms with E-state index in [0.717, 1.165) is 30.4 Å². The molecule has 236 valence electrons. The van der Waals surface area contributed by atoms with E-state index in [1.165, 1.54) is 23.9 Å². The van der Waals surface area contributed by atoms with Crippen LogP contribution < -0.4 is 9.80 Å². The van der Waals surface area contributed by atoms with Gasteiger partial charge in [0.2, 0.25) is 0 Å². The number of anilines is 2. The van der Waals surface area contributed by atoms with Crippen LogP contribution in [0.2, 0.25) is 0 Å². The molecule has 3 aromatic rings. The van der Waals surface area contributed by atoms with Gasteiger partial charge in [0, 0.05) is 56.7 Å². The fourth-order valence-corrected chi connectivity index (χ4v) is 6.18. The van der Waals surface area contributed by atoms with Crippen molar-refractivity contribution in [3.8, 4) is 0 Å². The Hall–Kier alpha value is -3.74. The zero-order valence-electron chi connectivity index (χ0n) is 24.8. The molecule has 0 N–H and O–H groups in total. The molecule has 5 rings (SSSR count). The van der Waals surface area contributed by atoms with Crippen molar-refractivity contribution in [3.63, 3.8) is 0 Å². The number of benzene rings is 1. The SMILES string of the molecule is CCOC(=O)C1CCCN(C(=O)c2ccc(CSc3nc(CC)cc(N4CCN(c5cccc(C(F)(F)F)c5)CC4)n3)o2)C1. The first-order chi connectivity index (χ1) is 21.1. The molecule has 1 amide bonds. The fourth-order valence-electron chi connectivity index (χ4n) is 5.42. The van der Waals surface area contributed by atoms with Gasteiger partial charge in [-0.2, -0.15) is 13.2 Å². The van der Waals surface area contributed by atoms with Crippen LogP contribution in [0.25, 0.3) is 0 Å². The first-order valence-electron chi connectivity index (χ1n) is 14.9. The molecule has 2 aromatic heterocycles. The summed E-state index contributed by atoms with van der Waals surface area (Å²) in [5, 5.41) is 0.581. The maximum absolute atomic E-state index is 13.2. The van der Waals surface area contributed by atoms with Crippen molar-refractivity contribution in [2.75, 3.05) is 55.7 Å². The van der Waals surface area contributed by atoms with Gasteiger partial charge in [0.15, 0.2) is 10.9 Å². The topological polar surface area (TPSA) is 92.0 Å². The summed E-state index contributed by atoms with van der Waals surface area (Å²) in [6.45, 7) is 7.33. The van der Waals surface area contributed by atoms with Crippen molar-refractivity contribution in [3.05, 3.63) is 65.2 Å². The van der Waals surface area contributed by atoms with Gasteiger partial charge in [-0.15, -0.1) is 0 Å². The van der Waals surface area contributed by atoms with Crippen LogP contribution >= 0.6 is 11.8 Å². The van der Waals surface area contributed by atoms with Gasteiger partial charge in [0.25, 0.3) is 5.91 Å². The first kappa shape index (κ1) is 31.7. The average molecular weight is 632 g/mol. The van der Waals surface area contributed by atoms with Gasteiger partial charge in [-0.3, -0.25) is 9.59 Å². The van der Waals surface area contributed by atoms with Crippen molar-refractivity contribution in [2.24, 2.45) is 5.92 Å². The van der Waals surface area contributed by atoms with Crippen LogP contribution in [0.3, 0.4) is 0 Å². The number of rotatable bonds is 9. The van der Waals surface area contributed by atoms with Crippen LogP contribution in [0.4, 0.5) is 24.7 Å². The van der Waals surface area contributed by atoms with E-state index in [-0.39, 0.29) is 23.6 Å². The van der Waals surface area contributed by atoms with E-state index in [4.69, 9.17) is 14.1 Å². The van der Waals surface area contributed by atoms with Crippen LogP contribution in [0.15, 0.2) is 52.0 Å². The number of piperazine rings is 1. The van der Waals surface area contributed by atoms with Crippen molar-refractivity contribution < 1.29 is 31.9 Å². The molecule has 44 heavy (non-hydrogen) atoms. The van der Waals surface area contributed by atoms with Gasteiger partial charge >= 0.3 is 12.1 Å². The lowest BCUT2D eigenvalue weighted by Gasteiger charge is -2.37. The average Bonchev–Trinajstić information content (AvgIpc) is 3.52. The quantitative estimate of drug-likeness (QED) is 0.168. The Labute approximate surface area is 258 Å². The molecular weight excluding hydrogens is 595 g/mol. The monoisotopic (exact) mass is 631 g/mol. The molecule has 4 heterocycles. The second-order valence-electron chi connectivity index (χ2n) is 10.8. The maximum Gasteiger partial charge on any atom is 0.416 e. The number of amides is 1. The summed E-state index contributed by atoms with van der Waals surface area (Å²) in [7, 11) is 0. The van der Waals surface area contributed by atoms with Crippen molar-refractivity contribution in [1.82, 2.24) is 14.9 Å². The maximum atomic E-state index is 13.2. The first-order valence-corrected chi connectivity index (χ1v) is 15.9. The minimum absolute atomic E-state index is 0.229. The van der Waals surface area contributed by atoms with E-state index in [1.807, 2.05) is 17.9 Å². The van der Waals surface area contributed by atoms with Crippen LogP contribution in [-0.4, -0.2) is 72.6 Å². The number of esters is 1. The highest BCUT2D eigenvalue weighted by Crippen LogP contribution is 2.32. The van der Waals surface area contributed by atoms with Crippen LogP contribution in [0.1, 0.15) is 54.3 Å². The Bertz CT molecular complexity index is 1460. The molecule has 1 atom stereocenters. The summed E-state index contributed by atoms with van der Waals surface area (Å²) in [5.41, 5.74) is 0.794. The number of carbonyl (C=O) groups is 2. The molecule has 0 saturated carbocycles. The van der Waals surface area contributed by atoms with Gasteiger partial charge in [-0.1, -0.05) is 24.8 Å². The molecule has 0 radical (unpaired) electrons. The van der Waals surface area contributed by atoms with E-state index in [2.05, 4.69) is 9.88 Å². The third kappa shape index (κ3) is 7.66. The number of hydrogen-bond acceptors (Lipinski definition) is 9. The highest BCUT2D eigenvalue weighted by molar-refractivity contribution is 7.98. The highest BCUT2D eigenvalue weighted by Gasteiger charge is 2.32. The number of piperidine rings is 1. The van der Waals surface area contributed by atoms with Gasteiger partial charge in [-0.25, -0.2) is 9.97 Å². The van der Waals surface area contributed by atoms with E-state index >= 15 is 0 Å². The minimum atomic E-state index is -4.38. The van der Waals surface area contributed by atoms with Gasteiger partial charge in [-0.05, 0) is 56.5 Å². The minimum Gasteiger partial charge on any atom is -0.466 e. The second kappa shape index (κ2) is 13.9. The number of nitrogens with zero attached hydrogens (tertiary/aromatic N) is 5. The number of likely N-dealkylation sites (tertiary alicyclic amines) is 1. The summed E-state index contributed by atoms with van der Waals surface area (Å²) in [4.78, 5) is 40.4. The molecule has 2 saturated heterocycles. The third-order valence-electron chi connectivity index (χ3n) is 7.79. The summed E-state index contributed by atoms with van der Waals surface area (Å²) in [6, 6.07) is 10.8. The predicted molar refractivity (Wildman–Crippen MR) is 161 cm³/mol. The number of ether oxygens (including phenoxy) is 1. The van der Waals surface area contributed by atoms with Crippen molar-refractivity contribution in [2.45, 2.75) is 50.2 Å². The van der Waals surface area contributed by atoms with Gasteiger partial charge in [0.05, 0.1) is 23.8 Å². The van der Waals surface area contributed by atoms with E-state index < -0.39 is 11.7 Å². The number of hydrogen-bond donors (Lipinski definition) is 0. The van der Waals surface area contributed by atoms with Gasteiger partial charge < -0.3 is 23.9 Å². The Morgan fingerprint density at radius 3 is 2.52 bits per heavy atom. The number of halogens is 3. The largest absolute Gasteiger partial charge is 0.466 e. The number of carbonyl (C=O) groups excluding carboxylic acids is 2. The standard InChI is InChI=1S/C31H36F3N5O4S/c1-3-23-18-27(38-15-13-37(14-16-38)24-9-5-8-22(17-24)31(32,33)34)36-30(35-23)44-20-25-10-11-26(43-25)28(40)39-12-6-7-21(19-39)29(41)42-4-2/h5,8-11,17-18,21H,3-4,6-7,12-16,19-20H2,1-2H3. The van der Waals surface area contributed by atoms with Crippen molar-refractivity contribution >= 4 is 35.1 Å². The zero-order chi connectivity index (χ0) is 31.3. The molecule has 0 aliphatic carbocycles. The second-order valence-corrected chi connectivity index (χ2v) is 11.7. The Kier molecular flexibility index (Phi) is 10.0. The Morgan fingerprint density at radius 1 is 1.02 bits per heavy atom. The number of aromatic nitrogens is 2. The molecule has 0 spiro atoms. The van der Waals surface area contributed by atoms with Gasteiger partial charge in [0.1, 0.15) is 11.6 Å². The molecule has 1 unspecified atom stereocenters. The zero-order valence-corrected chi connectivity index (χ0v) is 25.6. The number of thioether (sulfide) groups is 1. The van der Waals surface area contributed by atoms with E-state index in [9.17, 15) is 22.8 Å². The summed E-state index contributed by atoms with van der Waals surface area (Å²) in [5.74, 6) is 1.21. The number of alkyl halides is 3. The highest BCUT2D eigenvalue weighted by atomic mass is 32.2. The lowest BCUT2D eigenvalue weighted by molar-refractivity contribution is -0.149. The predicted octanol–water partition coefficient (Wildman–Crippen LogP) is 5.69. The molecule has 9 nitrogen and oxygen atoms in total. The van der Waals surface area contributed by atoms with E-state index in [1.54, 1.807) is 30.0 Å². The van der Waals surface area contributed by atoms with Crippen LogP contribution in [-0.2, 0) is 27.9 Å². The lowest BCUT2D eigenvalue weighted by Crippen LogP contribution is -2.47. The summed E-state index contributed by atoms with van der Waals surface area (Å²) >= 11 is 1.41. The van der Waals surface area contributed by atoms with Crippen LogP contribution in [0.5, 0.6) is 0 Å². The van der Waals surface area contributed by atoms with Crippen molar-refractivity contribution in [1.29, 1.82) is 0 Å². The molecular formula is C31H36F3N5O4S. The third-order valence-corrected chi connectivity index (χ3v) is 8.66. The smallest absolute Gasteiger partial charge is 0.416 e.